The number of ether oxygens (including phenoxy) is 2. The van der Waals surface area contributed by atoms with Gasteiger partial charge in [0.2, 0.25) is 0 Å². The highest BCUT2D eigenvalue weighted by Crippen LogP contribution is 2.37. The van der Waals surface area contributed by atoms with Crippen LogP contribution < -0.4 is 0 Å². The Morgan fingerprint density at radius 2 is 2.06 bits per heavy atom. The molecule has 1 heterocycles. The second-order valence-corrected chi connectivity index (χ2v) is 5.85. The van der Waals surface area contributed by atoms with Crippen LogP contribution in [0.5, 0.6) is 0 Å². The molecule has 0 N–H and O–H groups in total. The molecular weight excluding hydrogens is 368 g/mol. The molecule has 100 valence electrons. The molecule has 0 aromatic rings. The first-order valence-corrected chi connectivity index (χ1v) is 7.12. The molecule has 0 aromatic carbocycles. The van der Waals surface area contributed by atoms with Gasteiger partial charge in [-0.3, -0.25) is 4.79 Å². The van der Waals surface area contributed by atoms with Gasteiger partial charge in [0, 0.05) is 11.4 Å². The van der Waals surface area contributed by atoms with Crippen molar-refractivity contribution in [3.63, 3.8) is 0 Å². The molecule has 0 fully saturated rings. The van der Waals surface area contributed by atoms with E-state index in [4.69, 9.17) is 9.47 Å². The summed E-state index contributed by atoms with van der Waals surface area (Å²) in [5.41, 5.74) is 0.362. The van der Waals surface area contributed by atoms with Crippen molar-refractivity contribution >= 4 is 43.8 Å². The maximum atomic E-state index is 11.8. The number of esters is 2. The number of carbonyl (C=O) groups is 2. The maximum absolute atomic E-state index is 11.8. The molecule has 0 spiro atoms. The van der Waals surface area contributed by atoms with E-state index in [0.29, 0.717) is 26.7 Å². The molecule has 0 amide bonds. The first kappa shape index (κ1) is 15.4. The second kappa shape index (κ2) is 6.52. The van der Waals surface area contributed by atoms with Crippen LogP contribution in [0.25, 0.3) is 0 Å². The standard InChI is InChI=1S/C12H14Br2O4/c1-4-5-8(17-7(3)15)9-10(14)11(6(2)13)18-12(9)16/h8H,4-5H2,1-3H3/b11-6-. The van der Waals surface area contributed by atoms with Gasteiger partial charge in [-0.1, -0.05) is 29.3 Å². The summed E-state index contributed by atoms with van der Waals surface area (Å²) in [6.45, 7) is 5.05. The molecular formula is C12H14Br2O4. The van der Waals surface area contributed by atoms with Crippen molar-refractivity contribution in [3.05, 3.63) is 20.3 Å². The van der Waals surface area contributed by atoms with Crippen molar-refractivity contribution < 1.29 is 19.1 Å². The van der Waals surface area contributed by atoms with Crippen LogP contribution in [0, 0.1) is 0 Å². The number of hydrogen-bond donors (Lipinski definition) is 0. The summed E-state index contributed by atoms with van der Waals surface area (Å²) >= 11 is 6.59. The lowest BCUT2D eigenvalue weighted by Gasteiger charge is -2.15. The highest BCUT2D eigenvalue weighted by molar-refractivity contribution is 9.12. The van der Waals surface area contributed by atoms with Gasteiger partial charge >= 0.3 is 11.9 Å². The van der Waals surface area contributed by atoms with Gasteiger partial charge in [0.25, 0.3) is 0 Å². The smallest absolute Gasteiger partial charge is 0.344 e. The van der Waals surface area contributed by atoms with Crippen LogP contribution in [-0.2, 0) is 19.1 Å². The Kier molecular flexibility index (Phi) is 5.59. The van der Waals surface area contributed by atoms with Gasteiger partial charge in [-0.2, -0.15) is 0 Å². The first-order valence-electron chi connectivity index (χ1n) is 5.54. The Balaban J connectivity index is 3.13. The average Bonchev–Trinajstić information content (AvgIpc) is 2.53. The zero-order valence-electron chi connectivity index (χ0n) is 10.4. The van der Waals surface area contributed by atoms with Crippen LogP contribution in [0.3, 0.4) is 0 Å². The summed E-state index contributed by atoms with van der Waals surface area (Å²) in [7, 11) is 0. The second-order valence-electron chi connectivity index (χ2n) is 3.87. The van der Waals surface area contributed by atoms with E-state index in [9.17, 15) is 9.59 Å². The lowest BCUT2D eigenvalue weighted by atomic mass is 10.1. The molecule has 1 unspecified atom stereocenters. The summed E-state index contributed by atoms with van der Waals surface area (Å²) in [5, 5.41) is 0. The molecule has 18 heavy (non-hydrogen) atoms. The highest BCUT2D eigenvalue weighted by atomic mass is 79.9. The number of allylic oxidation sites excluding steroid dienone is 2. The molecule has 0 aromatic heterocycles. The van der Waals surface area contributed by atoms with Crippen molar-refractivity contribution in [3.8, 4) is 0 Å². The van der Waals surface area contributed by atoms with Crippen molar-refractivity contribution in [1.29, 1.82) is 0 Å². The SMILES string of the molecule is CCCC(OC(C)=O)C1=C(Br)/C(=C(\C)Br)OC1=O. The molecule has 0 aliphatic carbocycles. The van der Waals surface area contributed by atoms with Crippen LogP contribution in [0.15, 0.2) is 20.3 Å². The van der Waals surface area contributed by atoms with Crippen LogP contribution in [-0.4, -0.2) is 18.0 Å². The largest absolute Gasteiger partial charge is 0.457 e. The zero-order valence-corrected chi connectivity index (χ0v) is 13.6. The number of halogens is 2. The summed E-state index contributed by atoms with van der Waals surface area (Å²) in [5.74, 6) is -0.458. The van der Waals surface area contributed by atoms with E-state index in [0.717, 1.165) is 6.42 Å². The highest BCUT2D eigenvalue weighted by Gasteiger charge is 2.36. The maximum Gasteiger partial charge on any atom is 0.344 e. The molecule has 0 radical (unpaired) electrons. The number of rotatable bonds is 4. The van der Waals surface area contributed by atoms with Crippen LogP contribution >= 0.6 is 31.9 Å². The van der Waals surface area contributed by atoms with Gasteiger partial charge < -0.3 is 9.47 Å². The molecule has 1 atom stereocenters. The van der Waals surface area contributed by atoms with Crippen molar-refractivity contribution in [2.45, 2.75) is 39.7 Å². The van der Waals surface area contributed by atoms with Crippen molar-refractivity contribution in [2.24, 2.45) is 0 Å². The Hall–Kier alpha value is -0.620. The van der Waals surface area contributed by atoms with Gasteiger partial charge in [0.05, 0.1) is 10.1 Å². The third-order valence-corrected chi connectivity index (χ3v) is 3.49. The topological polar surface area (TPSA) is 52.6 Å². The molecule has 6 heteroatoms. The van der Waals surface area contributed by atoms with Crippen LogP contribution in [0.4, 0.5) is 0 Å². The van der Waals surface area contributed by atoms with Crippen LogP contribution in [0.2, 0.25) is 0 Å². The quantitative estimate of drug-likeness (QED) is 0.698. The van der Waals surface area contributed by atoms with E-state index in [1.54, 1.807) is 6.92 Å². The van der Waals surface area contributed by atoms with Gasteiger partial charge in [-0.25, -0.2) is 4.79 Å². The number of cyclic esters (lactones) is 1. The summed E-state index contributed by atoms with van der Waals surface area (Å²) in [4.78, 5) is 22.9. The third-order valence-electron chi connectivity index (χ3n) is 2.34. The molecule has 0 bridgehead atoms. The molecule has 1 rings (SSSR count). The molecule has 0 saturated carbocycles. The van der Waals surface area contributed by atoms with Gasteiger partial charge in [-0.15, -0.1) is 0 Å². The predicted molar refractivity (Wildman–Crippen MR) is 74.1 cm³/mol. The number of hydrogen-bond acceptors (Lipinski definition) is 4. The zero-order chi connectivity index (χ0) is 13.9. The molecule has 4 nitrogen and oxygen atoms in total. The summed E-state index contributed by atoms with van der Waals surface area (Å²) < 4.78 is 11.6. The Bertz CT molecular complexity index is 433. The van der Waals surface area contributed by atoms with E-state index in [1.807, 2.05) is 6.92 Å². The van der Waals surface area contributed by atoms with Crippen molar-refractivity contribution in [1.82, 2.24) is 0 Å². The van der Waals surface area contributed by atoms with E-state index < -0.39 is 18.0 Å². The van der Waals surface area contributed by atoms with Gasteiger partial charge in [0.15, 0.2) is 5.76 Å². The summed E-state index contributed by atoms with van der Waals surface area (Å²) in [6, 6.07) is 0. The van der Waals surface area contributed by atoms with E-state index in [1.165, 1.54) is 6.92 Å². The fraction of sp³-hybridized carbons (Fsp3) is 0.500. The Labute approximate surface area is 123 Å². The lowest BCUT2D eigenvalue weighted by Crippen LogP contribution is -2.22. The van der Waals surface area contributed by atoms with E-state index >= 15 is 0 Å². The molecule has 0 saturated heterocycles. The first-order chi connectivity index (χ1) is 8.38. The third kappa shape index (κ3) is 3.45. The predicted octanol–water partition coefficient (Wildman–Crippen LogP) is 3.55. The fourth-order valence-corrected chi connectivity index (χ4v) is 2.96. The van der Waals surface area contributed by atoms with E-state index in [-0.39, 0.29) is 0 Å². The number of carbonyl (C=O) groups excluding carboxylic acids is 2. The molecule has 1 aliphatic heterocycles. The monoisotopic (exact) mass is 380 g/mol. The van der Waals surface area contributed by atoms with Crippen molar-refractivity contribution in [2.75, 3.05) is 0 Å². The minimum atomic E-state index is -0.571. The van der Waals surface area contributed by atoms with Gasteiger partial charge in [0.1, 0.15) is 6.10 Å². The lowest BCUT2D eigenvalue weighted by molar-refractivity contribution is -0.146. The average molecular weight is 382 g/mol. The van der Waals surface area contributed by atoms with E-state index in [2.05, 4.69) is 31.9 Å². The minimum absolute atomic E-state index is 0.362. The Morgan fingerprint density at radius 3 is 2.44 bits per heavy atom. The normalized spacial score (nSPS) is 19.7. The molecule has 1 aliphatic rings. The minimum Gasteiger partial charge on any atom is -0.457 e. The van der Waals surface area contributed by atoms with Gasteiger partial charge in [-0.05, 0) is 29.3 Å². The Morgan fingerprint density at radius 1 is 1.44 bits per heavy atom. The van der Waals surface area contributed by atoms with Crippen LogP contribution in [0.1, 0.15) is 33.6 Å². The fourth-order valence-electron chi connectivity index (χ4n) is 1.62. The summed E-state index contributed by atoms with van der Waals surface area (Å²) in [6.07, 6.45) is 0.799.